The molecule has 0 aromatic carbocycles. The van der Waals surface area contributed by atoms with E-state index < -0.39 is 18.1 Å². The minimum Gasteiger partial charge on any atom is -0.465 e. The van der Waals surface area contributed by atoms with Crippen LogP contribution in [0.4, 0.5) is 4.79 Å². The van der Waals surface area contributed by atoms with Gasteiger partial charge in [0.2, 0.25) is 0 Å². The highest BCUT2D eigenvalue weighted by Crippen LogP contribution is 2.11. The molecule has 0 aromatic heterocycles. The number of carbonyl (C=O) groups excluding carboxylic acids is 3. The number of hydrogen-bond acceptors (Lipinski definition) is 5. The molecular weight excluding hydrogens is 254 g/mol. The summed E-state index contributed by atoms with van der Waals surface area (Å²) in [5, 5.41) is 4.56. The third kappa shape index (κ3) is 4.57. The van der Waals surface area contributed by atoms with Crippen LogP contribution in [-0.2, 0) is 19.1 Å². The van der Waals surface area contributed by atoms with Crippen LogP contribution in [0.25, 0.3) is 0 Å². The van der Waals surface area contributed by atoms with Crippen molar-refractivity contribution in [2.45, 2.75) is 26.9 Å². The molecule has 1 atom stereocenters. The van der Waals surface area contributed by atoms with Gasteiger partial charge in [-0.1, -0.05) is 13.8 Å². The second-order valence-electron chi connectivity index (χ2n) is 4.15. The number of hydrogen-bond donors (Lipinski definition) is 2. The minimum atomic E-state index is -0.784. The van der Waals surface area contributed by atoms with Crippen molar-refractivity contribution in [3.63, 3.8) is 0 Å². The molecule has 0 saturated carbocycles. The molecule has 1 heterocycles. The first-order valence-electron chi connectivity index (χ1n) is 5.93. The van der Waals surface area contributed by atoms with E-state index in [-0.39, 0.29) is 31.0 Å². The van der Waals surface area contributed by atoms with Crippen molar-refractivity contribution >= 4 is 23.9 Å². The van der Waals surface area contributed by atoms with Gasteiger partial charge in [-0.15, -0.1) is 4.99 Å². The standard InChI is InChI=1S/C11H17N3O5/c1-4-18-7(15)5-12-10(17)14-11-13-9(16)8(19-11)6(2)3/h6,8H,4-5H2,1-3H3,(H2,12,13,14,16,17)/t8-/m1/s1. The number of esters is 1. The van der Waals surface area contributed by atoms with E-state index in [1.54, 1.807) is 6.92 Å². The van der Waals surface area contributed by atoms with Crippen LogP contribution in [0.5, 0.6) is 0 Å². The average molecular weight is 271 g/mol. The van der Waals surface area contributed by atoms with Crippen molar-refractivity contribution in [3.05, 3.63) is 0 Å². The molecule has 106 valence electrons. The van der Waals surface area contributed by atoms with Crippen LogP contribution in [0.2, 0.25) is 0 Å². The van der Waals surface area contributed by atoms with Gasteiger partial charge in [-0.3, -0.25) is 14.9 Å². The second kappa shape index (κ2) is 6.72. The number of amidine groups is 1. The van der Waals surface area contributed by atoms with E-state index in [9.17, 15) is 14.4 Å². The van der Waals surface area contributed by atoms with Gasteiger partial charge in [-0.25, -0.2) is 4.79 Å². The maximum Gasteiger partial charge on any atom is 0.346 e. The summed E-state index contributed by atoms with van der Waals surface area (Å²) in [6, 6.07) is -0.946. The van der Waals surface area contributed by atoms with E-state index >= 15 is 0 Å². The zero-order chi connectivity index (χ0) is 14.4. The van der Waals surface area contributed by atoms with Gasteiger partial charge in [0, 0.05) is 0 Å². The van der Waals surface area contributed by atoms with Crippen LogP contribution >= 0.6 is 0 Å². The molecule has 0 unspecified atom stereocenters. The van der Waals surface area contributed by atoms with Crippen molar-refractivity contribution in [2.75, 3.05) is 13.2 Å². The number of amides is 3. The smallest absolute Gasteiger partial charge is 0.346 e. The molecular formula is C11H17N3O5. The number of ether oxygens (including phenoxy) is 2. The molecule has 19 heavy (non-hydrogen) atoms. The Balaban J connectivity index is 2.46. The number of urea groups is 1. The van der Waals surface area contributed by atoms with Gasteiger partial charge < -0.3 is 14.8 Å². The summed E-state index contributed by atoms with van der Waals surface area (Å²) in [5.41, 5.74) is 0. The molecule has 1 aliphatic rings. The number of nitrogens with zero attached hydrogens (tertiary/aromatic N) is 1. The summed E-state index contributed by atoms with van der Waals surface area (Å²) in [6.07, 6.45) is -0.656. The lowest BCUT2D eigenvalue weighted by atomic mass is 10.1. The van der Waals surface area contributed by atoms with Crippen LogP contribution in [0.3, 0.4) is 0 Å². The quantitative estimate of drug-likeness (QED) is 0.688. The van der Waals surface area contributed by atoms with Gasteiger partial charge in [0.1, 0.15) is 6.54 Å². The van der Waals surface area contributed by atoms with E-state index in [0.29, 0.717) is 0 Å². The zero-order valence-corrected chi connectivity index (χ0v) is 11.1. The summed E-state index contributed by atoms with van der Waals surface area (Å²) in [6.45, 7) is 5.24. The van der Waals surface area contributed by atoms with E-state index in [1.165, 1.54) is 0 Å². The van der Waals surface area contributed by atoms with Crippen molar-refractivity contribution < 1.29 is 23.9 Å². The third-order valence-electron chi connectivity index (χ3n) is 2.23. The van der Waals surface area contributed by atoms with Crippen molar-refractivity contribution in [3.8, 4) is 0 Å². The Morgan fingerprint density at radius 3 is 2.74 bits per heavy atom. The molecule has 8 heteroatoms. The molecule has 3 amide bonds. The number of nitrogens with one attached hydrogen (secondary N) is 2. The van der Waals surface area contributed by atoms with E-state index in [4.69, 9.17) is 4.74 Å². The van der Waals surface area contributed by atoms with Gasteiger partial charge in [-0.05, 0) is 12.8 Å². The van der Waals surface area contributed by atoms with Gasteiger partial charge in [0.25, 0.3) is 5.91 Å². The topological polar surface area (TPSA) is 106 Å². The number of carbonyl (C=O) groups is 3. The predicted molar refractivity (Wildman–Crippen MR) is 65.3 cm³/mol. The van der Waals surface area contributed by atoms with Crippen LogP contribution in [0.15, 0.2) is 4.99 Å². The lowest BCUT2D eigenvalue weighted by Crippen LogP contribution is -2.31. The Bertz CT molecular complexity index is 405. The molecule has 2 N–H and O–H groups in total. The third-order valence-corrected chi connectivity index (χ3v) is 2.23. The maximum absolute atomic E-state index is 11.4. The average Bonchev–Trinajstić information content (AvgIpc) is 2.68. The Labute approximate surface area is 110 Å². The first-order chi connectivity index (χ1) is 8.93. The highest BCUT2D eigenvalue weighted by Gasteiger charge is 2.33. The summed E-state index contributed by atoms with van der Waals surface area (Å²) in [4.78, 5) is 37.3. The Morgan fingerprint density at radius 1 is 1.53 bits per heavy atom. The summed E-state index contributed by atoms with van der Waals surface area (Å²) >= 11 is 0. The van der Waals surface area contributed by atoms with Gasteiger partial charge in [0.05, 0.1) is 6.61 Å². The molecule has 1 fully saturated rings. The molecule has 0 spiro atoms. The molecule has 0 aromatic rings. The molecule has 1 aliphatic heterocycles. The lowest BCUT2D eigenvalue weighted by molar-refractivity contribution is -0.141. The zero-order valence-electron chi connectivity index (χ0n) is 11.1. The fourth-order valence-electron chi connectivity index (χ4n) is 1.36. The lowest BCUT2D eigenvalue weighted by Gasteiger charge is -2.09. The highest BCUT2D eigenvalue weighted by molar-refractivity contribution is 6.05. The monoisotopic (exact) mass is 271 g/mol. The Morgan fingerprint density at radius 2 is 2.21 bits per heavy atom. The predicted octanol–water partition coefficient (Wildman–Crippen LogP) is -0.214. The maximum atomic E-state index is 11.4. The molecule has 8 nitrogen and oxygen atoms in total. The van der Waals surface area contributed by atoms with E-state index in [1.807, 2.05) is 13.8 Å². The van der Waals surface area contributed by atoms with Gasteiger partial charge in [0.15, 0.2) is 6.10 Å². The fraction of sp³-hybridized carbons (Fsp3) is 0.636. The Hall–Kier alpha value is -2.12. The normalized spacial score (nSPS) is 20.1. The van der Waals surface area contributed by atoms with E-state index in [0.717, 1.165) is 0 Å². The van der Waals surface area contributed by atoms with Crippen molar-refractivity contribution in [1.82, 2.24) is 10.6 Å². The summed E-state index contributed by atoms with van der Waals surface area (Å²) in [7, 11) is 0. The van der Waals surface area contributed by atoms with Crippen molar-refractivity contribution in [2.24, 2.45) is 10.9 Å². The molecule has 0 aliphatic carbocycles. The highest BCUT2D eigenvalue weighted by atomic mass is 16.5. The molecule has 1 rings (SSSR count). The first-order valence-corrected chi connectivity index (χ1v) is 5.93. The number of aliphatic imine (C=N–C) groups is 1. The largest absolute Gasteiger partial charge is 0.465 e. The molecule has 1 saturated heterocycles. The van der Waals surface area contributed by atoms with Gasteiger partial charge >= 0.3 is 18.0 Å². The van der Waals surface area contributed by atoms with Crippen LogP contribution in [-0.4, -0.2) is 43.2 Å². The first kappa shape index (κ1) is 14.9. The molecule has 0 radical (unpaired) electrons. The van der Waals surface area contributed by atoms with Crippen LogP contribution in [0, 0.1) is 5.92 Å². The van der Waals surface area contributed by atoms with E-state index in [2.05, 4.69) is 20.4 Å². The Kier molecular flexibility index (Phi) is 5.28. The van der Waals surface area contributed by atoms with Crippen molar-refractivity contribution in [1.29, 1.82) is 0 Å². The minimum absolute atomic E-state index is 0.0321. The van der Waals surface area contributed by atoms with Crippen LogP contribution in [0.1, 0.15) is 20.8 Å². The van der Waals surface area contributed by atoms with Crippen LogP contribution < -0.4 is 10.6 Å². The molecule has 0 bridgehead atoms. The summed E-state index contributed by atoms with van der Waals surface area (Å²) in [5.74, 6) is -0.935. The fourth-order valence-corrected chi connectivity index (χ4v) is 1.36. The second-order valence-corrected chi connectivity index (χ2v) is 4.15. The number of rotatable bonds is 4. The van der Waals surface area contributed by atoms with Gasteiger partial charge in [-0.2, -0.15) is 0 Å². The SMILES string of the molecule is CCOC(=O)CNC(=O)N=C1NC(=O)[C@@H](C(C)C)O1. The summed E-state index contributed by atoms with van der Waals surface area (Å²) < 4.78 is 9.80.